The minimum atomic E-state index is 0.176. The van der Waals surface area contributed by atoms with Gasteiger partial charge in [0.05, 0.1) is 5.70 Å². The largest absolute Gasteiger partial charge is 0.366 e. The van der Waals surface area contributed by atoms with Gasteiger partial charge in [-0.3, -0.25) is 4.79 Å². The van der Waals surface area contributed by atoms with Gasteiger partial charge in [-0.1, -0.05) is 37.6 Å². The molecule has 0 saturated carbocycles. The Bertz CT molecular complexity index is 502. The molecule has 0 amide bonds. The van der Waals surface area contributed by atoms with E-state index >= 15 is 0 Å². The Morgan fingerprint density at radius 2 is 2.15 bits per heavy atom. The molecule has 2 heteroatoms. The van der Waals surface area contributed by atoms with Crippen LogP contribution in [0.2, 0.25) is 0 Å². The summed E-state index contributed by atoms with van der Waals surface area (Å²) in [5.74, 6) is 0.176. The molecule has 20 heavy (non-hydrogen) atoms. The first-order valence-corrected chi connectivity index (χ1v) is 7.74. The molecular weight excluding hydrogens is 246 g/mol. The minimum absolute atomic E-state index is 0.176. The molecule has 0 aliphatic carbocycles. The molecule has 1 aromatic carbocycles. The fraction of sp³-hybridized carbons (Fsp3) is 0.500. The molecule has 0 radical (unpaired) electrons. The van der Waals surface area contributed by atoms with Crippen molar-refractivity contribution in [2.45, 2.75) is 52.5 Å². The Hall–Kier alpha value is -1.57. The number of nitrogens with zero attached hydrogens (tertiary/aromatic N) is 1. The summed E-state index contributed by atoms with van der Waals surface area (Å²) >= 11 is 0. The first-order chi connectivity index (χ1) is 9.63. The van der Waals surface area contributed by atoms with E-state index in [2.05, 4.69) is 43.9 Å². The Morgan fingerprint density at radius 1 is 1.35 bits per heavy atom. The third kappa shape index (κ3) is 3.30. The van der Waals surface area contributed by atoms with Crippen LogP contribution < -0.4 is 0 Å². The van der Waals surface area contributed by atoms with Gasteiger partial charge in [0.25, 0.3) is 0 Å². The normalized spacial score (nSPS) is 14.8. The molecule has 0 fully saturated rings. The molecule has 1 aliphatic rings. The number of ketones is 1. The van der Waals surface area contributed by atoms with Gasteiger partial charge in [-0.2, -0.15) is 0 Å². The van der Waals surface area contributed by atoms with Gasteiger partial charge < -0.3 is 4.90 Å². The number of rotatable bonds is 6. The second-order valence-electron chi connectivity index (χ2n) is 5.80. The lowest BCUT2D eigenvalue weighted by Gasteiger charge is -2.25. The molecular formula is C18H25NO. The number of unbranched alkanes of at least 4 members (excludes halogenated alkanes) is 1. The monoisotopic (exact) mass is 271 g/mol. The van der Waals surface area contributed by atoms with Crippen LogP contribution in [0.5, 0.6) is 0 Å². The van der Waals surface area contributed by atoms with Gasteiger partial charge in [-0.15, -0.1) is 0 Å². The number of aryl methyl sites for hydroxylation is 1. The van der Waals surface area contributed by atoms with Gasteiger partial charge >= 0.3 is 0 Å². The van der Waals surface area contributed by atoms with Crippen LogP contribution in [0, 0.1) is 0 Å². The van der Waals surface area contributed by atoms with E-state index in [0.717, 1.165) is 30.6 Å². The van der Waals surface area contributed by atoms with E-state index in [1.54, 1.807) is 0 Å². The average molecular weight is 271 g/mol. The Kier molecular flexibility index (Phi) is 4.99. The van der Waals surface area contributed by atoms with Crippen LogP contribution in [0.3, 0.4) is 0 Å². The van der Waals surface area contributed by atoms with Crippen LogP contribution in [0.15, 0.2) is 36.0 Å². The minimum Gasteiger partial charge on any atom is -0.366 e. The first kappa shape index (κ1) is 14.8. The summed E-state index contributed by atoms with van der Waals surface area (Å²) in [5, 5.41) is 0. The summed E-state index contributed by atoms with van der Waals surface area (Å²) in [6.07, 6.45) is 6.49. The zero-order chi connectivity index (χ0) is 14.5. The number of hydrogen-bond acceptors (Lipinski definition) is 2. The van der Waals surface area contributed by atoms with Gasteiger partial charge in [0.1, 0.15) is 0 Å². The van der Waals surface area contributed by atoms with Gasteiger partial charge in [-0.05, 0) is 44.7 Å². The van der Waals surface area contributed by atoms with Crippen LogP contribution >= 0.6 is 0 Å². The molecule has 0 bridgehead atoms. The van der Waals surface area contributed by atoms with E-state index in [1.807, 2.05) is 12.1 Å². The number of carbonyl (C=O) groups is 1. The highest BCUT2D eigenvalue weighted by atomic mass is 16.1. The van der Waals surface area contributed by atoms with Crippen molar-refractivity contribution < 1.29 is 4.79 Å². The van der Waals surface area contributed by atoms with Crippen molar-refractivity contribution in [3.8, 4) is 0 Å². The van der Waals surface area contributed by atoms with E-state index in [1.165, 1.54) is 18.4 Å². The zero-order valence-electron chi connectivity index (χ0n) is 12.9. The van der Waals surface area contributed by atoms with Crippen LogP contribution in [0.4, 0.5) is 0 Å². The number of Topliss-reactive ketones (excluding diaryl/α,β-unsaturated/α-hetero) is 1. The quantitative estimate of drug-likeness (QED) is 0.722. The first-order valence-electron chi connectivity index (χ1n) is 7.74. The smallest absolute Gasteiger partial charge is 0.208 e. The number of benzene rings is 1. The lowest BCUT2D eigenvalue weighted by molar-refractivity contribution is 0.0987. The topological polar surface area (TPSA) is 20.3 Å². The predicted molar refractivity (Wildman–Crippen MR) is 83.9 cm³/mol. The standard InChI is InChI=1S/C18H25NO/c1-4-5-8-15-9-6-10-16(13-15)18(20)17-11-7-12-19(17)14(2)3/h6,9-11,13-14H,4-5,7-8,12H2,1-3H3. The molecule has 0 aromatic heterocycles. The molecule has 0 atom stereocenters. The van der Waals surface area contributed by atoms with Crippen molar-refractivity contribution in [3.05, 3.63) is 47.2 Å². The van der Waals surface area contributed by atoms with E-state index < -0.39 is 0 Å². The van der Waals surface area contributed by atoms with Crippen LogP contribution in [-0.2, 0) is 6.42 Å². The number of hydrogen-bond donors (Lipinski definition) is 0. The summed E-state index contributed by atoms with van der Waals surface area (Å²) in [5.41, 5.74) is 2.98. The van der Waals surface area contributed by atoms with Crippen LogP contribution in [0.25, 0.3) is 0 Å². The lowest BCUT2D eigenvalue weighted by Crippen LogP contribution is -2.31. The molecule has 2 nitrogen and oxygen atoms in total. The maximum Gasteiger partial charge on any atom is 0.208 e. The molecule has 108 valence electrons. The maximum absolute atomic E-state index is 12.7. The number of carbonyl (C=O) groups excluding carboxylic acids is 1. The fourth-order valence-electron chi connectivity index (χ4n) is 2.73. The molecule has 1 heterocycles. The van der Waals surface area contributed by atoms with Crippen molar-refractivity contribution in [2.75, 3.05) is 6.54 Å². The summed E-state index contributed by atoms with van der Waals surface area (Å²) in [6, 6.07) is 8.52. The molecule has 0 unspecified atom stereocenters. The van der Waals surface area contributed by atoms with Crippen LogP contribution in [-0.4, -0.2) is 23.3 Å². The molecule has 2 rings (SSSR count). The van der Waals surface area contributed by atoms with E-state index in [9.17, 15) is 4.79 Å². The summed E-state index contributed by atoms with van der Waals surface area (Å²) < 4.78 is 0. The summed E-state index contributed by atoms with van der Waals surface area (Å²) in [6.45, 7) is 7.45. The van der Waals surface area contributed by atoms with Crippen molar-refractivity contribution in [1.29, 1.82) is 0 Å². The molecule has 0 saturated heterocycles. The van der Waals surface area contributed by atoms with E-state index in [4.69, 9.17) is 0 Å². The van der Waals surface area contributed by atoms with Gasteiger partial charge in [0.2, 0.25) is 5.78 Å². The highest BCUT2D eigenvalue weighted by molar-refractivity contribution is 6.08. The SMILES string of the molecule is CCCCc1cccc(C(=O)C2=CCCN2C(C)C)c1. The molecule has 0 N–H and O–H groups in total. The summed E-state index contributed by atoms with van der Waals surface area (Å²) in [7, 11) is 0. The third-order valence-electron chi connectivity index (χ3n) is 3.88. The Morgan fingerprint density at radius 3 is 2.85 bits per heavy atom. The summed E-state index contributed by atoms with van der Waals surface area (Å²) in [4.78, 5) is 14.9. The van der Waals surface area contributed by atoms with Gasteiger partial charge in [-0.25, -0.2) is 0 Å². The molecule has 1 aromatic rings. The molecule has 0 spiro atoms. The van der Waals surface area contributed by atoms with Gasteiger partial charge in [0.15, 0.2) is 0 Å². The lowest BCUT2D eigenvalue weighted by atomic mass is 10.0. The van der Waals surface area contributed by atoms with Crippen LogP contribution in [0.1, 0.15) is 56.0 Å². The zero-order valence-corrected chi connectivity index (χ0v) is 12.9. The maximum atomic E-state index is 12.7. The molecule has 1 aliphatic heterocycles. The van der Waals surface area contributed by atoms with Crippen molar-refractivity contribution in [1.82, 2.24) is 4.90 Å². The second kappa shape index (κ2) is 6.74. The Labute approximate surface area is 122 Å². The fourth-order valence-corrected chi connectivity index (χ4v) is 2.73. The number of allylic oxidation sites excluding steroid dienone is 1. The van der Waals surface area contributed by atoms with Crippen molar-refractivity contribution in [2.24, 2.45) is 0 Å². The highest BCUT2D eigenvalue weighted by Crippen LogP contribution is 2.22. The van der Waals surface area contributed by atoms with E-state index in [-0.39, 0.29) is 5.78 Å². The van der Waals surface area contributed by atoms with E-state index in [0.29, 0.717) is 6.04 Å². The average Bonchev–Trinajstić information content (AvgIpc) is 2.94. The highest BCUT2D eigenvalue weighted by Gasteiger charge is 2.24. The predicted octanol–water partition coefficient (Wildman–Crippen LogP) is 4.21. The van der Waals surface area contributed by atoms with Gasteiger partial charge in [0, 0.05) is 18.2 Å². The second-order valence-corrected chi connectivity index (χ2v) is 5.80. The third-order valence-corrected chi connectivity index (χ3v) is 3.88. The van der Waals surface area contributed by atoms with Crippen molar-refractivity contribution >= 4 is 5.78 Å². The Balaban J connectivity index is 2.16. The van der Waals surface area contributed by atoms with Crippen molar-refractivity contribution in [3.63, 3.8) is 0 Å².